The van der Waals surface area contributed by atoms with Crippen LogP contribution in [0.15, 0.2) is 54.7 Å². The maximum atomic E-state index is 5.65. The lowest BCUT2D eigenvalue weighted by Gasteiger charge is -2.21. The summed E-state index contributed by atoms with van der Waals surface area (Å²) in [4.78, 5) is 6.66. The minimum Gasteiger partial charge on any atom is -0.492 e. The number of nitrogens with one attached hydrogen (secondary N) is 1. The van der Waals surface area contributed by atoms with Crippen molar-refractivity contribution in [1.29, 1.82) is 0 Å². The lowest BCUT2D eigenvalue weighted by molar-refractivity contribution is 0.342. The average molecular weight is 349 g/mol. The largest absolute Gasteiger partial charge is 0.492 e. The third kappa shape index (κ3) is 4.08. The maximum absolute atomic E-state index is 5.65. The lowest BCUT2D eigenvalue weighted by atomic mass is 10.2. The van der Waals surface area contributed by atoms with Crippen molar-refractivity contribution in [2.75, 3.05) is 23.4 Å². The number of benzene rings is 2. The van der Waals surface area contributed by atoms with Crippen molar-refractivity contribution < 1.29 is 4.74 Å². The highest BCUT2D eigenvalue weighted by Gasteiger charge is 2.12. The average Bonchev–Trinajstić information content (AvgIpc) is 2.65. The molecular weight excluding hydrogens is 326 g/mol. The van der Waals surface area contributed by atoms with E-state index in [0.29, 0.717) is 18.4 Å². The number of hydrogen-bond acceptors (Lipinski definition) is 6. The van der Waals surface area contributed by atoms with Crippen LogP contribution in [0.5, 0.6) is 5.75 Å². The molecule has 3 rings (SSSR count). The fourth-order valence-electron chi connectivity index (χ4n) is 2.69. The van der Waals surface area contributed by atoms with E-state index in [1.807, 2.05) is 48.2 Å². The Bertz CT molecular complexity index is 868. The molecule has 0 unspecified atom stereocenters. The van der Waals surface area contributed by atoms with Gasteiger partial charge >= 0.3 is 0 Å². The maximum Gasteiger partial charge on any atom is 0.251 e. The predicted octanol–water partition coefficient (Wildman–Crippen LogP) is 4.48. The van der Waals surface area contributed by atoms with E-state index < -0.39 is 0 Å². The highest BCUT2D eigenvalue weighted by atomic mass is 16.5. The third-order valence-electron chi connectivity index (χ3n) is 3.87. The summed E-state index contributed by atoms with van der Waals surface area (Å²) in [7, 11) is 0. The number of aromatic nitrogens is 3. The molecule has 1 aromatic heterocycles. The van der Waals surface area contributed by atoms with Gasteiger partial charge in [0.1, 0.15) is 5.75 Å². The molecule has 3 aromatic rings. The van der Waals surface area contributed by atoms with Crippen LogP contribution in [0.1, 0.15) is 19.4 Å². The second-order valence-corrected chi connectivity index (χ2v) is 5.78. The Hall–Kier alpha value is -3.15. The summed E-state index contributed by atoms with van der Waals surface area (Å²) < 4.78 is 5.65. The number of para-hydroxylation sites is 2. The first-order valence-corrected chi connectivity index (χ1v) is 8.74. The second-order valence-electron chi connectivity index (χ2n) is 5.78. The quantitative estimate of drug-likeness (QED) is 0.678. The van der Waals surface area contributed by atoms with Gasteiger partial charge in [-0.3, -0.25) is 0 Å². The lowest BCUT2D eigenvalue weighted by Crippen LogP contribution is -2.19. The predicted molar refractivity (Wildman–Crippen MR) is 105 cm³/mol. The highest BCUT2D eigenvalue weighted by Crippen LogP contribution is 2.28. The number of hydrogen-bond donors (Lipinski definition) is 1. The minimum absolute atomic E-state index is 0.553. The van der Waals surface area contributed by atoms with Gasteiger partial charge in [-0.2, -0.15) is 10.1 Å². The van der Waals surface area contributed by atoms with Crippen molar-refractivity contribution >= 4 is 23.1 Å². The zero-order chi connectivity index (χ0) is 18.4. The van der Waals surface area contributed by atoms with Crippen LogP contribution < -0.4 is 15.0 Å². The van der Waals surface area contributed by atoms with Gasteiger partial charge in [-0.25, -0.2) is 0 Å². The smallest absolute Gasteiger partial charge is 0.251 e. The first kappa shape index (κ1) is 17.7. The molecule has 0 amide bonds. The van der Waals surface area contributed by atoms with Gasteiger partial charge in [0, 0.05) is 12.2 Å². The van der Waals surface area contributed by atoms with Gasteiger partial charge in [0.2, 0.25) is 0 Å². The Labute approximate surface area is 153 Å². The summed E-state index contributed by atoms with van der Waals surface area (Å²) in [6.45, 7) is 7.43. The van der Waals surface area contributed by atoms with Gasteiger partial charge in [-0.15, -0.1) is 5.10 Å². The molecular formula is C20H23N5O. The molecule has 2 aromatic carbocycles. The third-order valence-corrected chi connectivity index (χ3v) is 3.87. The van der Waals surface area contributed by atoms with Crippen molar-refractivity contribution in [2.45, 2.75) is 20.8 Å². The molecule has 0 radical (unpaired) electrons. The number of rotatable bonds is 7. The number of ether oxygens (including phenoxy) is 1. The van der Waals surface area contributed by atoms with E-state index in [1.54, 1.807) is 6.20 Å². The Balaban J connectivity index is 1.88. The molecule has 0 bridgehead atoms. The van der Waals surface area contributed by atoms with Crippen LogP contribution >= 0.6 is 0 Å². The molecule has 0 saturated carbocycles. The zero-order valence-corrected chi connectivity index (χ0v) is 15.3. The molecule has 6 heteroatoms. The molecule has 134 valence electrons. The SMILES string of the molecule is CCOc1ccccc1Nc1cnnc(N(CC)c2cccc(C)c2)n1. The number of nitrogens with zero attached hydrogens (tertiary/aromatic N) is 4. The zero-order valence-electron chi connectivity index (χ0n) is 15.3. The Morgan fingerprint density at radius 1 is 1.08 bits per heavy atom. The summed E-state index contributed by atoms with van der Waals surface area (Å²) in [5.41, 5.74) is 3.08. The van der Waals surface area contributed by atoms with Crippen molar-refractivity contribution in [1.82, 2.24) is 15.2 Å². The molecule has 0 aliphatic carbocycles. The minimum atomic E-state index is 0.553. The molecule has 0 aliphatic rings. The molecule has 0 spiro atoms. The summed E-state index contributed by atoms with van der Waals surface area (Å²) >= 11 is 0. The van der Waals surface area contributed by atoms with Gasteiger partial charge in [0.25, 0.3) is 5.95 Å². The van der Waals surface area contributed by atoms with Crippen LogP contribution in [0.3, 0.4) is 0 Å². The number of aryl methyl sites for hydroxylation is 1. The van der Waals surface area contributed by atoms with E-state index >= 15 is 0 Å². The van der Waals surface area contributed by atoms with Crippen LogP contribution in [0, 0.1) is 6.92 Å². The Morgan fingerprint density at radius 3 is 2.69 bits per heavy atom. The van der Waals surface area contributed by atoms with Crippen LogP contribution in [-0.2, 0) is 0 Å². The fourth-order valence-corrected chi connectivity index (χ4v) is 2.69. The summed E-state index contributed by atoms with van der Waals surface area (Å²) in [5, 5.41) is 11.6. The molecule has 6 nitrogen and oxygen atoms in total. The Morgan fingerprint density at radius 2 is 1.92 bits per heavy atom. The van der Waals surface area contributed by atoms with Crippen molar-refractivity contribution in [3.63, 3.8) is 0 Å². The van der Waals surface area contributed by atoms with Gasteiger partial charge in [-0.1, -0.05) is 24.3 Å². The molecule has 0 fully saturated rings. The van der Waals surface area contributed by atoms with E-state index in [2.05, 4.69) is 46.5 Å². The first-order valence-electron chi connectivity index (χ1n) is 8.74. The van der Waals surface area contributed by atoms with Gasteiger partial charge in [0.05, 0.1) is 18.5 Å². The molecule has 26 heavy (non-hydrogen) atoms. The van der Waals surface area contributed by atoms with Crippen LogP contribution in [-0.4, -0.2) is 28.3 Å². The fraction of sp³-hybridized carbons (Fsp3) is 0.250. The van der Waals surface area contributed by atoms with Gasteiger partial charge in [-0.05, 0) is 50.6 Å². The summed E-state index contributed by atoms with van der Waals surface area (Å²) in [6.07, 6.45) is 1.61. The molecule has 0 aliphatic heterocycles. The van der Waals surface area contributed by atoms with Crippen LogP contribution in [0.2, 0.25) is 0 Å². The van der Waals surface area contributed by atoms with E-state index in [1.165, 1.54) is 5.56 Å². The van der Waals surface area contributed by atoms with Crippen molar-refractivity contribution in [2.24, 2.45) is 0 Å². The van der Waals surface area contributed by atoms with Gasteiger partial charge < -0.3 is 15.0 Å². The second kappa shape index (κ2) is 8.29. The Kier molecular flexibility index (Phi) is 5.63. The topological polar surface area (TPSA) is 63.2 Å². The van der Waals surface area contributed by atoms with E-state index in [4.69, 9.17) is 4.74 Å². The normalized spacial score (nSPS) is 10.4. The summed E-state index contributed by atoms with van der Waals surface area (Å²) in [6, 6.07) is 16.0. The highest BCUT2D eigenvalue weighted by molar-refractivity contribution is 5.65. The van der Waals surface area contributed by atoms with Crippen molar-refractivity contribution in [3.8, 4) is 5.75 Å². The summed E-state index contributed by atoms with van der Waals surface area (Å²) in [5.74, 6) is 1.95. The molecule has 1 N–H and O–H groups in total. The molecule has 0 saturated heterocycles. The molecule has 1 heterocycles. The van der Waals surface area contributed by atoms with E-state index in [-0.39, 0.29) is 0 Å². The molecule has 0 atom stereocenters. The van der Waals surface area contributed by atoms with E-state index in [9.17, 15) is 0 Å². The monoisotopic (exact) mass is 349 g/mol. The standard InChI is InChI=1S/C20H23N5O/c1-4-25(16-10-8-9-15(3)13-16)20-23-19(14-21-24-20)22-17-11-6-7-12-18(17)26-5-2/h6-14H,4-5H2,1-3H3,(H,22,23,24). The van der Waals surface area contributed by atoms with Gasteiger partial charge in [0.15, 0.2) is 5.82 Å². The number of anilines is 4. The van der Waals surface area contributed by atoms with Crippen LogP contribution in [0.4, 0.5) is 23.1 Å². The first-order chi connectivity index (χ1) is 12.7. The van der Waals surface area contributed by atoms with Crippen molar-refractivity contribution in [3.05, 3.63) is 60.3 Å². The van der Waals surface area contributed by atoms with E-state index in [0.717, 1.165) is 23.7 Å². The van der Waals surface area contributed by atoms with Crippen LogP contribution in [0.25, 0.3) is 0 Å².